The fourth-order valence-electron chi connectivity index (χ4n) is 2.01. The van der Waals surface area contributed by atoms with Crippen LogP contribution >= 0.6 is 11.6 Å². The largest absolute Gasteiger partial charge is 0.487 e. The van der Waals surface area contributed by atoms with E-state index in [-0.39, 0.29) is 12.4 Å². The molecule has 2 nitrogen and oxygen atoms in total. The van der Waals surface area contributed by atoms with Crippen molar-refractivity contribution in [1.82, 2.24) is 0 Å². The van der Waals surface area contributed by atoms with Gasteiger partial charge in [-0.25, -0.2) is 4.39 Å². The van der Waals surface area contributed by atoms with Crippen LogP contribution < -0.4 is 10.5 Å². The van der Waals surface area contributed by atoms with E-state index in [9.17, 15) is 4.39 Å². The molecular weight excluding hydrogens is 277 g/mol. The van der Waals surface area contributed by atoms with E-state index in [1.807, 2.05) is 19.1 Å². The summed E-state index contributed by atoms with van der Waals surface area (Å²) in [5, 5.41) is 0.546. The van der Waals surface area contributed by atoms with E-state index in [4.69, 9.17) is 22.1 Å². The number of halogens is 2. The zero-order valence-corrected chi connectivity index (χ0v) is 12.1. The van der Waals surface area contributed by atoms with Crippen LogP contribution in [-0.2, 0) is 13.0 Å². The van der Waals surface area contributed by atoms with Crippen LogP contribution in [0.1, 0.15) is 16.7 Å². The number of aryl methyl sites for hydroxylation is 1. The first-order valence-electron chi connectivity index (χ1n) is 6.47. The lowest BCUT2D eigenvalue weighted by Crippen LogP contribution is -2.06. The summed E-state index contributed by atoms with van der Waals surface area (Å²) in [6.45, 7) is 2.73. The molecule has 0 atom stereocenters. The average Bonchev–Trinajstić information content (AvgIpc) is 2.42. The second-order valence-corrected chi connectivity index (χ2v) is 5.03. The van der Waals surface area contributed by atoms with Gasteiger partial charge in [0.2, 0.25) is 0 Å². The van der Waals surface area contributed by atoms with Crippen LogP contribution in [-0.4, -0.2) is 6.54 Å². The van der Waals surface area contributed by atoms with E-state index >= 15 is 0 Å². The number of benzene rings is 2. The van der Waals surface area contributed by atoms with Gasteiger partial charge in [-0.3, -0.25) is 0 Å². The Hall–Kier alpha value is -1.58. The van der Waals surface area contributed by atoms with E-state index in [1.165, 1.54) is 12.1 Å². The van der Waals surface area contributed by atoms with Crippen LogP contribution in [0.15, 0.2) is 36.4 Å². The topological polar surface area (TPSA) is 35.2 Å². The summed E-state index contributed by atoms with van der Waals surface area (Å²) in [6, 6.07) is 10.2. The molecule has 0 radical (unpaired) electrons. The van der Waals surface area contributed by atoms with Crippen LogP contribution in [0, 0.1) is 12.7 Å². The molecule has 0 unspecified atom stereocenters. The minimum Gasteiger partial charge on any atom is -0.487 e. The highest BCUT2D eigenvalue weighted by Crippen LogP contribution is 2.30. The van der Waals surface area contributed by atoms with Gasteiger partial charge in [0.05, 0.1) is 5.02 Å². The summed E-state index contributed by atoms with van der Waals surface area (Å²) in [5.41, 5.74) is 8.34. The van der Waals surface area contributed by atoms with Gasteiger partial charge in [-0.15, -0.1) is 0 Å². The molecule has 0 saturated heterocycles. The monoisotopic (exact) mass is 293 g/mol. The number of ether oxygens (including phenoxy) is 1. The van der Waals surface area contributed by atoms with Crippen molar-refractivity contribution in [3.8, 4) is 5.75 Å². The molecule has 0 aliphatic carbocycles. The molecule has 0 fully saturated rings. The molecular formula is C16H17ClFNO. The molecule has 0 spiro atoms. The molecule has 0 aliphatic heterocycles. The molecule has 2 N–H and O–H groups in total. The zero-order valence-electron chi connectivity index (χ0n) is 11.3. The molecule has 2 aromatic carbocycles. The van der Waals surface area contributed by atoms with Gasteiger partial charge in [0.15, 0.2) is 0 Å². The van der Waals surface area contributed by atoms with E-state index in [1.54, 1.807) is 12.1 Å². The SMILES string of the molecule is Cc1ccc(F)cc1COc1c(Cl)cccc1CCN. The van der Waals surface area contributed by atoms with Crippen molar-refractivity contribution < 1.29 is 9.13 Å². The molecule has 2 rings (SSSR count). The van der Waals surface area contributed by atoms with Crippen molar-refractivity contribution in [2.45, 2.75) is 20.0 Å². The number of rotatable bonds is 5. The lowest BCUT2D eigenvalue weighted by molar-refractivity contribution is 0.302. The first-order chi connectivity index (χ1) is 9.61. The molecule has 4 heteroatoms. The standard InChI is InChI=1S/C16H17ClFNO/c1-11-5-6-14(18)9-13(11)10-20-16-12(7-8-19)3-2-4-15(16)17/h2-6,9H,7-8,10,19H2,1H3. The Morgan fingerprint density at radius 3 is 2.75 bits per heavy atom. The van der Waals surface area contributed by atoms with Crippen LogP contribution in [0.3, 0.4) is 0 Å². The smallest absolute Gasteiger partial charge is 0.141 e. The first kappa shape index (κ1) is 14.8. The number of hydrogen-bond acceptors (Lipinski definition) is 2. The summed E-state index contributed by atoms with van der Waals surface area (Å²) in [4.78, 5) is 0. The fraction of sp³-hybridized carbons (Fsp3) is 0.250. The third-order valence-corrected chi connectivity index (χ3v) is 3.44. The van der Waals surface area contributed by atoms with Crippen molar-refractivity contribution in [1.29, 1.82) is 0 Å². The molecule has 106 valence electrons. The van der Waals surface area contributed by atoms with Gasteiger partial charge in [-0.2, -0.15) is 0 Å². The highest BCUT2D eigenvalue weighted by atomic mass is 35.5. The Kier molecular flexibility index (Phi) is 4.99. The Morgan fingerprint density at radius 2 is 2.00 bits per heavy atom. The second kappa shape index (κ2) is 6.73. The van der Waals surface area contributed by atoms with Gasteiger partial charge in [0.1, 0.15) is 18.2 Å². The maximum absolute atomic E-state index is 13.3. The Morgan fingerprint density at radius 1 is 1.20 bits per heavy atom. The lowest BCUT2D eigenvalue weighted by Gasteiger charge is -2.14. The molecule has 0 aromatic heterocycles. The van der Waals surface area contributed by atoms with Gasteiger partial charge < -0.3 is 10.5 Å². The van der Waals surface area contributed by atoms with Crippen LogP contribution in [0.4, 0.5) is 4.39 Å². The maximum atomic E-state index is 13.3. The number of para-hydroxylation sites is 1. The van der Waals surface area contributed by atoms with E-state index in [0.29, 0.717) is 23.7 Å². The quantitative estimate of drug-likeness (QED) is 0.908. The molecule has 0 aliphatic rings. The van der Waals surface area contributed by atoms with Crippen LogP contribution in [0.2, 0.25) is 5.02 Å². The molecule has 0 saturated carbocycles. The highest BCUT2D eigenvalue weighted by molar-refractivity contribution is 6.32. The Labute approximate surface area is 123 Å². The minimum absolute atomic E-state index is 0.268. The fourth-order valence-corrected chi connectivity index (χ4v) is 2.26. The third-order valence-electron chi connectivity index (χ3n) is 3.15. The van der Waals surface area contributed by atoms with Crippen LogP contribution in [0.25, 0.3) is 0 Å². The summed E-state index contributed by atoms with van der Waals surface area (Å²) < 4.78 is 19.0. The first-order valence-corrected chi connectivity index (χ1v) is 6.85. The van der Waals surface area contributed by atoms with Gasteiger partial charge in [-0.1, -0.05) is 29.8 Å². The van der Waals surface area contributed by atoms with Crippen molar-refractivity contribution in [2.75, 3.05) is 6.54 Å². The van der Waals surface area contributed by atoms with E-state index in [0.717, 1.165) is 16.7 Å². The van der Waals surface area contributed by atoms with Gasteiger partial charge in [0.25, 0.3) is 0 Å². The molecule has 0 heterocycles. The third kappa shape index (κ3) is 3.50. The predicted molar refractivity (Wildman–Crippen MR) is 79.7 cm³/mol. The highest BCUT2D eigenvalue weighted by Gasteiger charge is 2.09. The molecule has 20 heavy (non-hydrogen) atoms. The summed E-state index contributed by atoms with van der Waals surface area (Å²) >= 11 is 6.16. The lowest BCUT2D eigenvalue weighted by atomic mass is 10.1. The van der Waals surface area contributed by atoms with E-state index in [2.05, 4.69) is 0 Å². The Bertz CT molecular complexity index is 601. The molecule has 0 bridgehead atoms. The van der Waals surface area contributed by atoms with Crippen molar-refractivity contribution in [2.24, 2.45) is 5.73 Å². The second-order valence-electron chi connectivity index (χ2n) is 4.63. The maximum Gasteiger partial charge on any atom is 0.141 e. The van der Waals surface area contributed by atoms with E-state index < -0.39 is 0 Å². The van der Waals surface area contributed by atoms with Gasteiger partial charge in [0, 0.05) is 0 Å². The Balaban J connectivity index is 2.20. The molecule has 0 amide bonds. The van der Waals surface area contributed by atoms with Crippen molar-refractivity contribution >= 4 is 11.6 Å². The van der Waals surface area contributed by atoms with Crippen LogP contribution in [0.5, 0.6) is 5.75 Å². The van der Waals surface area contributed by atoms with Crippen molar-refractivity contribution in [3.05, 3.63) is 63.9 Å². The minimum atomic E-state index is -0.268. The zero-order chi connectivity index (χ0) is 14.5. The average molecular weight is 294 g/mol. The predicted octanol–water partition coefficient (Wildman–Crippen LogP) is 3.87. The van der Waals surface area contributed by atoms with Gasteiger partial charge in [-0.05, 0) is 54.8 Å². The molecule has 2 aromatic rings. The summed E-state index contributed by atoms with van der Waals surface area (Å²) in [6.07, 6.45) is 0.692. The van der Waals surface area contributed by atoms with Gasteiger partial charge >= 0.3 is 0 Å². The number of hydrogen-bond donors (Lipinski definition) is 1. The number of nitrogens with two attached hydrogens (primary N) is 1. The normalized spacial score (nSPS) is 10.6. The summed E-state index contributed by atoms with van der Waals surface area (Å²) in [7, 11) is 0. The summed E-state index contributed by atoms with van der Waals surface area (Å²) in [5.74, 6) is 0.360. The van der Waals surface area contributed by atoms with Crippen molar-refractivity contribution in [3.63, 3.8) is 0 Å².